The standard InChI is InChI=1S/C28H29N5O4S/c34-23-2-1-3-24(23)37-16-26-30-13-20(14-31-26)18-4-5-22-25(12-18)38-28(32-22)33-27(35)19-10-21(11-19)36-15-17-6-8-29-9-7-17/h4-9,12-14,19,21,23-24,34H,1-3,10-11,15-16H2,(H,32,33,35)/t19-,21+,23-,24-/m0/s1. The van der Waals surface area contributed by atoms with Gasteiger partial charge in [0.1, 0.15) is 6.61 Å². The number of amides is 1. The Morgan fingerprint density at radius 2 is 1.84 bits per heavy atom. The molecule has 9 nitrogen and oxygen atoms in total. The molecule has 2 aliphatic rings. The first-order chi connectivity index (χ1) is 18.6. The van der Waals surface area contributed by atoms with Crippen molar-refractivity contribution in [3.8, 4) is 11.1 Å². The fourth-order valence-electron chi connectivity index (χ4n) is 4.83. The van der Waals surface area contributed by atoms with Crippen LogP contribution in [0.3, 0.4) is 0 Å². The van der Waals surface area contributed by atoms with Crippen LogP contribution in [0.15, 0.2) is 55.1 Å². The number of pyridine rings is 1. The molecule has 3 aromatic heterocycles. The predicted octanol–water partition coefficient (Wildman–Crippen LogP) is 4.51. The van der Waals surface area contributed by atoms with Crippen molar-refractivity contribution in [2.24, 2.45) is 5.92 Å². The maximum Gasteiger partial charge on any atom is 0.229 e. The molecule has 3 heterocycles. The second-order valence-electron chi connectivity index (χ2n) is 9.88. The third-order valence-electron chi connectivity index (χ3n) is 7.20. The van der Waals surface area contributed by atoms with Crippen molar-refractivity contribution in [2.45, 2.75) is 63.6 Å². The summed E-state index contributed by atoms with van der Waals surface area (Å²) in [5.74, 6) is 0.527. The van der Waals surface area contributed by atoms with Crippen molar-refractivity contribution in [1.29, 1.82) is 0 Å². The number of fused-ring (bicyclic) bond motifs is 1. The topological polar surface area (TPSA) is 119 Å². The maximum absolute atomic E-state index is 12.7. The molecular formula is C28H29N5O4S. The zero-order chi connectivity index (χ0) is 25.9. The van der Waals surface area contributed by atoms with Gasteiger partial charge in [-0.2, -0.15) is 0 Å². The highest BCUT2D eigenvalue weighted by Gasteiger charge is 2.35. The third-order valence-corrected chi connectivity index (χ3v) is 8.14. The van der Waals surface area contributed by atoms with E-state index in [1.54, 1.807) is 24.8 Å². The number of anilines is 1. The molecule has 0 bridgehead atoms. The smallest absolute Gasteiger partial charge is 0.229 e. The summed E-state index contributed by atoms with van der Waals surface area (Å²) in [6.07, 6.45) is 10.7. The number of aromatic nitrogens is 4. The summed E-state index contributed by atoms with van der Waals surface area (Å²) < 4.78 is 12.7. The Labute approximate surface area is 224 Å². The fourth-order valence-corrected chi connectivity index (χ4v) is 5.74. The van der Waals surface area contributed by atoms with Gasteiger partial charge in [-0.15, -0.1) is 0 Å². The van der Waals surface area contributed by atoms with E-state index in [1.807, 2.05) is 30.3 Å². The SMILES string of the molecule is O=C(Nc1nc2ccc(-c3cnc(CO[C@H]4CCC[C@@H]4O)nc3)cc2s1)[C@H]1C[C@@H](OCc2ccncc2)C1. The van der Waals surface area contributed by atoms with E-state index in [-0.39, 0.29) is 30.6 Å². The molecule has 2 aliphatic carbocycles. The number of benzene rings is 1. The quantitative estimate of drug-likeness (QED) is 0.324. The van der Waals surface area contributed by atoms with Crippen LogP contribution in [-0.4, -0.2) is 49.3 Å². The van der Waals surface area contributed by atoms with E-state index < -0.39 is 6.10 Å². The molecule has 4 aromatic rings. The van der Waals surface area contributed by atoms with Crippen molar-refractivity contribution in [3.63, 3.8) is 0 Å². The highest BCUT2D eigenvalue weighted by molar-refractivity contribution is 7.22. The number of thiazole rings is 1. The Balaban J connectivity index is 1.02. The van der Waals surface area contributed by atoms with Crippen LogP contribution in [0, 0.1) is 5.92 Å². The molecule has 0 saturated heterocycles. The minimum Gasteiger partial charge on any atom is -0.390 e. The first kappa shape index (κ1) is 25.0. The normalized spacial score (nSPS) is 22.9. The number of rotatable bonds is 9. The number of aliphatic hydroxyl groups excluding tert-OH is 1. The molecule has 1 aromatic carbocycles. The largest absolute Gasteiger partial charge is 0.390 e. The van der Waals surface area contributed by atoms with E-state index in [0.717, 1.165) is 46.2 Å². The molecule has 6 rings (SSSR count). The third kappa shape index (κ3) is 5.73. The summed E-state index contributed by atoms with van der Waals surface area (Å²) in [5.41, 5.74) is 3.79. The van der Waals surface area contributed by atoms with Crippen molar-refractivity contribution in [3.05, 3.63) is 66.5 Å². The fraction of sp³-hybridized carbons (Fsp3) is 0.393. The van der Waals surface area contributed by atoms with Gasteiger partial charge >= 0.3 is 0 Å². The lowest BCUT2D eigenvalue weighted by Crippen LogP contribution is -2.39. The van der Waals surface area contributed by atoms with Gasteiger partial charge in [0, 0.05) is 36.3 Å². The number of hydrogen-bond acceptors (Lipinski definition) is 9. The van der Waals surface area contributed by atoms with Gasteiger partial charge in [-0.05, 0) is 67.5 Å². The van der Waals surface area contributed by atoms with E-state index in [1.165, 1.54) is 11.3 Å². The summed E-state index contributed by atoms with van der Waals surface area (Å²) in [6.45, 7) is 0.825. The first-order valence-corrected chi connectivity index (χ1v) is 13.8. The van der Waals surface area contributed by atoms with Gasteiger partial charge in [-0.1, -0.05) is 17.4 Å². The monoisotopic (exact) mass is 531 g/mol. The predicted molar refractivity (Wildman–Crippen MR) is 143 cm³/mol. The zero-order valence-corrected chi connectivity index (χ0v) is 21.6. The second kappa shape index (κ2) is 11.2. The second-order valence-corrected chi connectivity index (χ2v) is 10.9. The molecule has 2 atom stereocenters. The average molecular weight is 532 g/mol. The van der Waals surface area contributed by atoms with Gasteiger partial charge in [0.2, 0.25) is 5.91 Å². The van der Waals surface area contributed by atoms with E-state index >= 15 is 0 Å². The van der Waals surface area contributed by atoms with Crippen LogP contribution in [0.1, 0.15) is 43.5 Å². The number of nitrogens with zero attached hydrogens (tertiary/aromatic N) is 4. The molecule has 2 saturated carbocycles. The molecule has 2 N–H and O–H groups in total. The lowest BCUT2D eigenvalue weighted by Gasteiger charge is -2.33. The minimum absolute atomic E-state index is 0.00984. The van der Waals surface area contributed by atoms with Crippen LogP contribution in [0.25, 0.3) is 21.3 Å². The highest BCUT2D eigenvalue weighted by atomic mass is 32.1. The molecule has 2 fully saturated rings. The number of carbonyl (C=O) groups excluding carboxylic acids is 1. The van der Waals surface area contributed by atoms with Crippen LogP contribution in [0.5, 0.6) is 0 Å². The molecular weight excluding hydrogens is 502 g/mol. The molecule has 0 radical (unpaired) electrons. The van der Waals surface area contributed by atoms with Gasteiger partial charge in [0.25, 0.3) is 0 Å². The number of aliphatic hydroxyl groups is 1. The molecule has 196 valence electrons. The first-order valence-electron chi connectivity index (χ1n) is 12.9. The van der Waals surface area contributed by atoms with E-state index in [2.05, 4.69) is 25.3 Å². The van der Waals surface area contributed by atoms with Crippen LogP contribution >= 0.6 is 11.3 Å². The number of carbonyl (C=O) groups is 1. The highest BCUT2D eigenvalue weighted by Crippen LogP contribution is 2.34. The number of ether oxygens (including phenoxy) is 2. The van der Waals surface area contributed by atoms with Crippen molar-refractivity contribution in [2.75, 3.05) is 5.32 Å². The van der Waals surface area contributed by atoms with E-state index in [9.17, 15) is 9.90 Å². The van der Waals surface area contributed by atoms with Crippen LogP contribution in [0.2, 0.25) is 0 Å². The molecule has 1 amide bonds. The van der Waals surface area contributed by atoms with Gasteiger partial charge in [0.05, 0.1) is 35.1 Å². The van der Waals surface area contributed by atoms with Crippen molar-refractivity contribution < 1.29 is 19.4 Å². The Bertz CT molecular complexity index is 1390. The summed E-state index contributed by atoms with van der Waals surface area (Å²) >= 11 is 1.46. The zero-order valence-electron chi connectivity index (χ0n) is 20.8. The molecule has 38 heavy (non-hydrogen) atoms. The summed E-state index contributed by atoms with van der Waals surface area (Å²) in [5, 5.41) is 13.5. The van der Waals surface area contributed by atoms with Crippen molar-refractivity contribution >= 4 is 32.6 Å². The minimum atomic E-state index is -0.391. The van der Waals surface area contributed by atoms with Crippen LogP contribution < -0.4 is 5.32 Å². The molecule has 0 unspecified atom stereocenters. The lowest BCUT2D eigenvalue weighted by molar-refractivity contribution is -0.129. The van der Waals surface area contributed by atoms with Gasteiger partial charge in [-0.25, -0.2) is 15.0 Å². The number of nitrogens with one attached hydrogen (secondary N) is 1. The Morgan fingerprint density at radius 1 is 1.03 bits per heavy atom. The average Bonchev–Trinajstić information content (AvgIpc) is 3.51. The van der Waals surface area contributed by atoms with Crippen LogP contribution in [0.4, 0.5) is 5.13 Å². The summed E-state index contributed by atoms with van der Waals surface area (Å²) in [4.78, 5) is 30.2. The Hall–Kier alpha value is -3.31. The van der Waals surface area contributed by atoms with E-state index in [0.29, 0.717) is 30.4 Å². The Morgan fingerprint density at radius 3 is 2.61 bits per heavy atom. The molecule has 0 aliphatic heterocycles. The molecule has 10 heteroatoms. The van der Waals surface area contributed by atoms with Crippen molar-refractivity contribution in [1.82, 2.24) is 19.9 Å². The maximum atomic E-state index is 12.7. The van der Waals surface area contributed by atoms with Crippen LogP contribution in [-0.2, 0) is 27.5 Å². The number of hydrogen-bond donors (Lipinski definition) is 2. The summed E-state index contributed by atoms with van der Waals surface area (Å²) in [7, 11) is 0. The summed E-state index contributed by atoms with van der Waals surface area (Å²) in [6, 6.07) is 9.83. The van der Waals surface area contributed by atoms with Gasteiger partial charge < -0.3 is 19.9 Å². The lowest BCUT2D eigenvalue weighted by atomic mass is 9.81. The van der Waals surface area contributed by atoms with Gasteiger partial charge in [0.15, 0.2) is 11.0 Å². The van der Waals surface area contributed by atoms with Gasteiger partial charge in [-0.3, -0.25) is 9.78 Å². The molecule has 0 spiro atoms. The Kier molecular flexibility index (Phi) is 7.37. The van der Waals surface area contributed by atoms with E-state index in [4.69, 9.17) is 9.47 Å².